The summed E-state index contributed by atoms with van der Waals surface area (Å²) >= 11 is 0. The van der Waals surface area contributed by atoms with Gasteiger partial charge >= 0.3 is 0 Å². The molecule has 15 heavy (non-hydrogen) atoms. The van der Waals surface area contributed by atoms with Crippen molar-refractivity contribution in [2.45, 2.75) is 26.9 Å². The average molecular weight is 210 g/mol. The Bertz CT molecular complexity index is 315. The predicted molar refractivity (Wildman–Crippen MR) is 57.5 cm³/mol. The van der Waals surface area contributed by atoms with Crippen LogP contribution in [0.15, 0.2) is 12.4 Å². The lowest BCUT2D eigenvalue weighted by molar-refractivity contribution is 0.0847. The molecular formula is C11H18N2O2. The molecule has 2 unspecified atom stereocenters. The molecule has 0 aliphatic rings. The fraction of sp³-hybridized carbons (Fsp3) is 0.636. The fourth-order valence-electron chi connectivity index (χ4n) is 1.31. The summed E-state index contributed by atoms with van der Waals surface area (Å²) < 4.78 is 5.06. The third-order valence-electron chi connectivity index (χ3n) is 2.71. The molecule has 0 aliphatic carbocycles. The third-order valence-corrected chi connectivity index (χ3v) is 2.71. The molecule has 2 atom stereocenters. The molecule has 0 radical (unpaired) electrons. The lowest BCUT2D eigenvalue weighted by Crippen LogP contribution is -2.17. The van der Waals surface area contributed by atoms with Gasteiger partial charge in [-0.15, -0.1) is 0 Å². The highest BCUT2D eigenvalue weighted by Crippen LogP contribution is 2.30. The van der Waals surface area contributed by atoms with Gasteiger partial charge in [-0.05, 0) is 11.8 Å². The molecule has 0 aromatic carbocycles. The van der Waals surface area contributed by atoms with E-state index < -0.39 is 6.10 Å². The van der Waals surface area contributed by atoms with Crippen LogP contribution in [-0.2, 0) is 0 Å². The highest BCUT2D eigenvalue weighted by atomic mass is 16.5. The summed E-state index contributed by atoms with van der Waals surface area (Å²) in [5.74, 6) is 0.903. The van der Waals surface area contributed by atoms with Crippen molar-refractivity contribution in [2.24, 2.45) is 11.8 Å². The molecule has 4 nitrogen and oxygen atoms in total. The van der Waals surface area contributed by atoms with Crippen LogP contribution in [0.25, 0.3) is 0 Å². The van der Waals surface area contributed by atoms with Gasteiger partial charge in [-0.2, -0.15) is 0 Å². The van der Waals surface area contributed by atoms with Crippen LogP contribution in [0.4, 0.5) is 0 Å². The number of hydrogen-bond acceptors (Lipinski definition) is 4. The van der Waals surface area contributed by atoms with Crippen LogP contribution in [0.1, 0.15) is 32.6 Å². The normalized spacial score (nSPS) is 15.1. The minimum atomic E-state index is -0.631. The van der Waals surface area contributed by atoms with Crippen molar-refractivity contribution in [1.29, 1.82) is 0 Å². The van der Waals surface area contributed by atoms with Gasteiger partial charge in [-0.1, -0.05) is 20.8 Å². The summed E-state index contributed by atoms with van der Waals surface area (Å²) in [5, 5.41) is 10.1. The second-order valence-electron chi connectivity index (χ2n) is 4.00. The van der Waals surface area contributed by atoms with Crippen molar-refractivity contribution in [2.75, 3.05) is 7.11 Å². The van der Waals surface area contributed by atoms with Crippen molar-refractivity contribution in [3.05, 3.63) is 18.1 Å². The maximum absolute atomic E-state index is 10.1. The smallest absolute Gasteiger partial charge is 0.238 e. The van der Waals surface area contributed by atoms with Crippen LogP contribution < -0.4 is 4.74 Å². The highest BCUT2D eigenvalue weighted by molar-refractivity contribution is 5.20. The third kappa shape index (κ3) is 2.65. The Hall–Kier alpha value is -1.16. The van der Waals surface area contributed by atoms with Crippen LogP contribution in [0.2, 0.25) is 0 Å². The zero-order valence-electron chi connectivity index (χ0n) is 9.64. The standard InChI is InChI=1S/C11H18N2O2/c1-7(2)8(3)10(14)9-11(15-4)13-6-5-12-9/h5-8,10,14H,1-4H3. The summed E-state index contributed by atoms with van der Waals surface area (Å²) in [6.45, 7) is 6.12. The van der Waals surface area contributed by atoms with Crippen LogP contribution in [0.3, 0.4) is 0 Å². The Balaban J connectivity index is 2.94. The average Bonchev–Trinajstić information content (AvgIpc) is 2.26. The van der Waals surface area contributed by atoms with Gasteiger partial charge in [0.25, 0.3) is 0 Å². The van der Waals surface area contributed by atoms with E-state index in [0.717, 1.165) is 0 Å². The predicted octanol–water partition coefficient (Wildman–Crippen LogP) is 1.81. The molecule has 0 saturated heterocycles. The van der Waals surface area contributed by atoms with Crippen LogP contribution in [-0.4, -0.2) is 22.2 Å². The maximum Gasteiger partial charge on any atom is 0.238 e. The topological polar surface area (TPSA) is 55.2 Å². The zero-order chi connectivity index (χ0) is 11.4. The van der Waals surface area contributed by atoms with Crippen molar-refractivity contribution in [3.63, 3.8) is 0 Å². The van der Waals surface area contributed by atoms with Crippen LogP contribution in [0, 0.1) is 11.8 Å². The van der Waals surface area contributed by atoms with Gasteiger partial charge in [-0.3, -0.25) is 4.98 Å². The number of aliphatic hydroxyl groups is 1. The first kappa shape index (κ1) is 11.9. The molecule has 1 aromatic heterocycles. The monoisotopic (exact) mass is 210 g/mol. The molecule has 1 rings (SSSR count). The van der Waals surface area contributed by atoms with Crippen LogP contribution >= 0.6 is 0 Å². The van der Waals surface area contributed by atoms with E-state index in [4.69, 9.17) is 4.74 Å². The van der Waals surface area contributed by atoms with Gasteiger partial charge in [-0.25, -0.2) is 4.98 Å². The first-order chi connectivity index (χ1) is 7.07. The van der Waals surface area contributed by atoms with E-state index in [1.54, 1.807) is 12.4 Å². The first-order valence-electron chi connectivity index (χ1n) is 5.10. The number of methoxy groups -OCH3 is 1. The minimum Gasteiger partial charge on any atom is -0.480 e. The number of nitrogens with zero attached hydrogens (tertiary/aromatic N) is 2. The molecule has 0 saturated carbocycles. The Kier molecular flexibility index (Phi) is 4.03. The van der Waals surface area contributed by atoms with Crippen LogP contribution in [0.5, 0.6) is 5.88 Å². The van der Waals surface area contributed by atoms with Gasteiger partial charge in [0.05, 0.1) is 7.11 Å². The highest BCUT2D eigenvalue weighted by Gasteiger charge is 2.24. The van der Waals surface area contributed by atoms with Gasteiger partial charge in [0.15, 0.2) is 0 Å². The van der Waals surface area contributed by atoms with E-state index in [2.05, 4.69) is 23.8 Å². The van der Waals surface area contributed by atoms with E-state index in [0.29, 0.717) is 17.5 Å². The van der Waals surface area contributed by atoms with E-state index >= 15 is 0 Å². The lowest BCUT2D eigenvalue weighted by atomic mass is 9.90. The van der Waals surface area contributed by atoms with Gasteiger partial charge in [0.2, 0.25) is 5.88 Å². The van der Waals surface area contributed by atoms with E-state index in [-0.39, 0.29) is 5.92 Å². The van der Waals surface area contributed by atoms with E-state index in [9.17, 15) is 5.11 Å². The maximum atomic E-state index is 10.1. The van der Waals surface area contributed by atoms with Gasteiger partial charge < -0.3 is 9.84 Å². The first-order valence-corrected chi connectivity index (χ1v) is 5.10. The van der Waals surface area contributed by atoms with Crippen molar-refractivity contribution >= 4 is 0 Å². The molecular weight excluding hydrogens is 192 g/mol. The second kappa shape index (κ2) is 5.07. The number of aromatic nitrogens is 2. The Labute approximate surface area is 90.3 Å². The fourth-order valence-corrected chi connectivity index (χ4v) is 1.31. The van der Waals surface area contributed by atoms with Gasteiger partial charge in [0, 0.05) is 12.4 Å². The van der Waals surface area contributed by atoms with Crippen molar-refractivity contribution in [3.8, 4) is 5.88 Å². The molecule has 84 valence electrons. The minimum absolute atomic E-state index is 0.121. The molecule has 4 heteroatoms. The van der Waals surface area contributed by atoms with Gasteiger partial charge in [0.1, 0.15) is 11.8 Å². The second-order valence-corrected chi connectivity index (χ2v) is 4.00. The summed E-state index contributed by atoms with van der Waals surface area (Å²) in [6, 6.07) is 0. The molecule has 1 N–H and O–H groups in total. The number of ether oxygens (including phenoxy) is 1. The van der Waals surface area contributed by atoms with E-state index in [1.165, 1.54) is 7.11 Å². The molecule has 0 bridgehead atoms. The SMILES string of the molecule is COc1nccnc1C(O)C(C)C(C)C. The number of hydrogen-bond donors (Lipinski definition) is 1. The summed E-state index contributed by atoms with van der Waals surface area (Å²) in [5.41, 5.74) is 0.515. The Morgan fingerprint density at radius 3 is 2.33 bits per heavy atom. The molecule has 1 aromatic rings. The number of aliphatic hydroxyl groups excluding tert-OH is 1. The zero-order valence-corrected chi connectivity index (χ0v) is 9.64. The van der Waals surface area contributed by atoms with E-state index in [1.807, 2.05) is 6.92 Å². The molecule has 1 heterocycles. The number of rotatable bonds is 4. The summed E-state index contributed by atoms with van der Waals surface area (Å²) in [4.78, 5) is 8.13. The van der Waals surface area contributed by atoms with Crippen molar-refractivity contribution < 1.29 is 9.84 Å². The summed E-state index contributed by atoms with van der Waals surface area (Å²) in [7, 11) is 1.53. The molecule has 0 spiro atoms. The quantitative estimate of drug-likeness (QED) is 0.823. The molecule has 0 aliphatic heterocycles. The molecule has 0 amide bonds. The van der Waals surface area contributed by atoms with Crippen molar-refractivity contribution in [1.82, 2.24) is 9.97 Å². The Morgan fingerprint density at radius 1 is 1.20 bits per heavy atom. The molecule has 0 fully saturated rings. The summed E-state index contributed by atoms with van der Waals surface area (Å²) in [6.07, 6.45) is 2.48. The Morgan fingerprint density at radius 2 is 1.80 bits per heavy atom. The largest absolute Gasteiger partial charge is 0.480 e. The lowest BCUT2D eigenvalue weighted by Gasteiger charge is -2.22.